The van der Waals surface area contributed by atoms with E-state index in [0.29, 0.717) is 5.71 Å². The van der Waals surface area contributed by atoms with E-state index < -0.39 is 10.0 Å². The molecule has 0 atom stereocenters. The summed E-state index contributed by atoms with van der Waals surface area (Å²) in [6, 6.07) is 6.64. The van der Waals surface area contributed by atoms with Gasteiger partial charge in [-0.25, -0.2) is 0 Å². The maximum absolute atomic E-state index is 12.2. The van der Waals surface area contributed by atoms with Gasteiger partial charge < -0.3 is 4.98 Å². The molecule has 2 aromatic rings. The van der Waals surface area contributed by atoms with Gasteiger partial charge >= 0.3 is 0 Å². The van der Waals surface area contributed by atoms with E-state index in [-0.39, 0.29) is 4.90 Å². The fourth-order valence-corrected chi connectivity index (χ4v) is 3.02. The van der Waals surface area contributed by atoms with Gasteiger partial charge in [0.15, 0.2) is 0 Å². The fourth-order valence-electron chi connectivity index (χ4n) is 2.17. The van der Waals surface area contributed by atoms with E-state index in [1.165, 1.54) is 0 Å². The van der Waals surface area contributed by atoms with Crippen molar-refractivity contribution in [2.75, 3.05) is 0 Å². The van der Waals surface area contributed by atoms with Crippen molar-refractivity contribution >= 4 is 15.7 Å². The average Bonchev–Trinajstić information content (AvgIpc) is 2.76. The van der Waals surface area contributed by atoms with Crippen LogP contribution in [0.2, 0.25) is 0 Å². The Morgan fingerprint density at radius 2 is 1.76 bits per heavy atom. The predicted octanol–water partition coefficient (Wildman–Crippen LogP) is 2.64. The molecular weight excluding hydrogens is 286 g/mol. The number of rotatable bonds is 4. The highest BCUT2D eigenvalue weighted by Crippen LogP contribution is 2.14. The molecule has 2 N–H and O–H groups in total. The number of hydrogen-bond acceptors (Lipinski definition) is 3. The van der Waals surface area contributed by atoms with Crippen LogP contribution in [0, 0.1) is 20.8 Å². The van der Waals surface area contributed by atoms with Crippen LogP contribution < -0.4 is 4.83 Å². The number of nitrogens with zero attached hydrogens (tertiary/aromatic N) is 1. The van der Waals surface area contributed by atoms with E-state index in [4.69, 9.17) is 0 Å². The normalized spacial score (nSPS) is 12.5. The Morgan fingerprint density at radius 1 is 1.14 bits per heavy atom. The average molecular weight is 305 g/mol. The number of hydrazone groups is 1. The maximum atomic E-state index is 12.2. The summed E-state index contributed by atoms with van der Waals surface area (Å²) in [6.45, 7) is 7.56. The molecule has 0 bridgehead atoms. The van der Waals surface area contributed by atoms with Gasteiger partial charge in [-0.1, -0.05) is 17.7 Å². The zero-order chi connectivity index (χ0) is 15.6. The molecule has 6 heteroatoms. The van der Waals surface area contributed by atoms with Crippen LogP contribution in [0.1, 0.15) is 29.3 Å². The molecule has 0 saturated heterocycles. The Morgan fingerprint density at radius 3 is 2.29 bits per heavy atom. The largest absolute Gasteiger partial charge is 0.364 e. The summed E-state index contributed by atoms with van der Waals surface area (Å²) in [4.78, 5) is 5.58. The minimum absolute atomic E-state index is 0.201. The Bertz CT molecular complexity index is 752. The summed E-state index contributed by atoms with van der Waals surface area (Å²) >= 11 is 0. The summed E-state index contributed by atoms with van der Waals surface area (Å²) in [5, 5.41) is 4.02. The molecule has 0 unspecified atom stereocenters. The molecule has 1 aromatic carbocycles. The lowest BCUT2D eigenvalue weighted by Gasteiger charge is -2.06. The van der Waals surface area contributed by atoms with E-state index in [1.54, 1.807) is 31.2 Å². The third-order valence-corrected chi connectivity index (χ3v) is 4.53. The molecule has 1 heterocycles. The minimum Gasteiger partial charge on any atom is -0.364 e. The van der Waals surface area contributed by atoms with Gasteiger partial charge in [0.25, 0.3) is 10.0 Å². The molecule has 1 aromatic heterocycles. The third-order valence-electron chi connectivity index (χ3n) is 3.30. The number of benzene rings is 1. The topological polar surface area (TPSA) is 74.3 Å². The number of H-pyrrole nitrogens is 1. The standard InChI is InChI=1S/C15H19N3O2S/c1-10-5-7-14(8-6-10)21(19,20)18-17-13(4)15-11(2)9-16-12(15)3/h5-9,16,18H,1-4H3/b17-13+. The quantitative estimate of drug-likeness (QED) is 0.673. The van der Waals surface area contributed by atoms with E-state index >= 15 is 0 Å². The molecule has 0 spiro atoms. The number of sulfonamides is 1. The van der Waals surface area contributed by atoms with Crippen molar-refractivity contribution in [1.82, 2.24) is 9.82 Å². The SMILES string of the molecule is C/C(=N\NS(=O)(=O)c1ccc(C)cc1)c1c(C)c[nH]c1C. The van der Waals surface area contributed by atoms with Crippen LogP contribution in [0.3, 0.4) is 0 Å². The zero-order valence-corrected chi connectivity index (χ0v) is 13.4. The monoisotopic (exact) mass is 305 g/mol. The minimum atomic E-state index is -3.64. The second-order valence-electron chi connectivity index (χ2n) is 5.08. The fraction of sp³-hybridized carbons (Fsp3) is 0.267. The second kappa shape index (κ2) is 5.73. The van der Waals surface area contributed by atoms with E-state index in [2.05, 4.69) is 14.9 Å². The first-order chi connectivity index (χ1) is 9.81. The van der Waals surface area contributed by atoms with Crippen LogP contribution in [0.25, 0.3) is 0 Å². The number of aryl methyl sites for hydroxylation is 3. The molecule has 0 fully saturated rings. The van der Waals surface area contributed by atoms with Crippen LogP contribution in [0.15, 0.2) is 40.5 Å². The maximum Gasteiger partial charge on any atom is 0.276 e. The van der Waals surface area contributed by atoms with Crippen molar-refractivity contribution in [3.8, 4) is 0 Å². The van der Waals surface area contributed by atoms with Gasteiger partial charge in [-0.05, 0) is 45.4 Å². The van der Waals surface area contributed by atoms with Gasteiger partial charge in [-0.3, -0.25) is 0 Å². The molecule has 0 aliphatic carbocycles. The number of hydrogen-bond donors (Lipinski definition) is 2. The number of aromatic nitrogens is 1. The predicted molar refractivity (Wildman–Crippen MR) is 84.0 cm³/mol. The van der Waals surface area contributed by atoms with E-state index in [1.807, 2.05) is 27.0 Å². The Balaban J connectivity index is 2.25. The summed E-state index contributed by atoms with van der Waals surface area (Å²) in [5.74, 6) is 0. The van der Waals surface area contributed by atoms with Gasteiger partial charge in [0.05, 0.1) is 10.6 Å². The number of aromatic amines is 1. The summed E-state index contributed by atoms with van der Waals surface area (Å²) in [7, 11) is -3.64. The summed E-state index contributed by atoms with van der Waals surface area (Å²) in [5.41, 5.74) is 4.56. The molecule has 2 rings (SSSR count). The molecule has 0 amide bonds. The Labute approximate surface area is 125 Å². The van der Waals surface area contributed by atoms with Crippen LogP contribution in [-0.4, -0.2) is 19.1 Å². The van der Waals surface area contributed by atoms with Crippen LogP contribution >= 0.6 is 0 Å². The summed E-state index contributed by atoms with van der Waals surface area (Å²) < 4.78 is 24.3. The molecule has 0 aliphatic rings. The molecule has 21 heavy (non-hydrogen) atoms. The first kappa shape index (κ1) is 15.3. The number of nitrogens with one attached hydrogen (secondary N) is 2. The molecule has 112 valence electrons. The molecule has 0 saturated carbocycles. The van der Waals surface area contributed by atoms with Gasteiger partial charge in [0.1, 0.15) is 0 Å². The molecule has 0 aliphatic heterocycles. The molecule has 5 nitrogen and oxygen atoms in total. The van der Waals surface area contributed by atoms with E-state index in [0.717, 1.165) is 22.4 Å². The van der Waals surface area contributed by atoms with Crippen LogP contribution in [0.5, 0.6) is 0 Å². The van der Waals surface area contributed by atoms with Crippen molar-refractivity contribution in [2.24, 2.45) is 5.10 Å². The lowest BCUT2D eigenvalue weighted by Crippen LogP contribution is -2.20. The smallest absolute Gasteiger partial charge is 0.276 e. The van der Waals surface area contributed by atoms with Crippen molar-refractivity contribution in [3.63, 3.8) is 0 Å². The molecular formula is C15H19N3O2S. The highest BCUT2D eigenvalue weighted by atomic mass is 32.2. The highest BCUT2D eigenvalue weighted by molar-refractivity contribution is 7.89. The van der Waals surface area contributed by atoms with Gasteiger partial charge in [0, 0.05) is 17.5 Å². The van der Waals surface area contributed by atoms with Gasteiger partial charge in [-0.15, -0.1) is 0 Å². The zero-order valence-electron chi connectivity index (χ0n) is 12.6. The third kappa shape index (κ3) is 3.33. The lowest BCUT2D eigenvalue weighted by atomic mass is 10.1. The lowest BCUT2D eigenvalue weighted by molar-refractivity contribution is 0.584. The molecule has 0 radical (unpaired) electrons. The van der Waals surface area contributed by atoms with Crippen molar-refractivity contribution in [3.05, 3.63) is 52.8 Å². The summed E-state index contributed by atoms with van der Waals surface area (Å²) in [6.07, 6.45) is 1.87. The van der Waals surface area contributed by atoms with Crippen molar-refractivity contribution in [1.29, 1.82) is 0 Å². The van der Waals surface area contributed by atoms with Gasteiger partial charge in [-0.2, -0.15) is 18.4 Å². The van der Waals surface area contributed by atoms with Crippen LogP contribution in [0.4, 0.5) is 0 Å². The van der Waals surface area contributed by atoms with Crippen LogP contribution in [-0.2, 0) is 10.0 Å². The first-order valence-electron chi connectivity index (χ1n) is 6.59. The van der Waals surface area contributed by atoms with E-state index in [9.17, 15) is 8.42 Å². The Hall–Kier alpha value is -2.08. The Kier molecular flexibility index (Phi) is 4.18. The van der Waals surface area contributed by atoms with Crippen molar-refractivity contribution in [2.45, 2.75) is 32.6 Å². The second-order valence-corrected chi connectivity index (χ2v) is 6.74. The van der Waals surface area contributed by atoms with Gasteiger partial charge in [0.2, 0.25) is 0 Å². The van der Waals surface area contributed by atoms with Crippen molar-refractivity contribution < 1.29 is 8.42 Å². The first-order valence-corrected chi connectivity index (χ1v) is 8.07. The highest BCUT2D eigenvalue weighted by Gasteiger charge is 2.14.